The number of amides is 1. The van der Waals surface area contributed by atoms with Crippen LogP contribution in [-0.4, -0.2) is 17.6 Å². The summed E-state index contributed by atoms with van der Waals surface area (Å²) in [6, 6.07) is 0. The molecule has 1 fully saturated rings. The number of carbonyl (C=O) groups excluding carboxylic acids is 1. The predicted octanol–water partition coefficient (Wildman–Crippen LogP) is 22.1. The molecule has 3 heteroatoms. The molecule has 0 radical (unpaired) electrons. The van der Waals surface area contributed by atoms with Gasteiger partial charge in [-0.2, -0.15) is 0 Å². The van der Waals surface area contributed by atoms with Gasteiger partial charge in [0.25, 0.3) is 0 Å². The van der Waals surface area contributed by atoms with Crippen molar-refractivity contribution in [1.82, 2.24) is 4.90 Å². The van der Waals surface area contributed by atoms with Gasteiger partial charge in [-0.15, -0.1) is 0 Å². The Morgan fingerprint density at radius 3 is 0.562 bits per heavy atom. The zero-order valence-electron chi connectivity index (χ0n) is 43.4. The van der Waals surface area contributed by atoms with Crippen LogP contribution in [0.1, 0.15) is 119 Å². The third-order valence-corrected chi connectivity index (χ3v) is 27.7. The molecule has 3 nitrogen and oxygen atoms in total. The Morgan fingerprint density at radius 2 is 0.388 bits per heavy atom. The highest BCUT2D eigenvalue weighted by Gasteiger charge is 2.88. The highest BCUT2D eigenvalue weighted by molar-refractivity contribution is 6.82. The summed E-state index contributed by atoms with van der Waals surface area (Å²) in [7, 11) is 0. The summed E-state index contributed by atoms with van der Waals surface area (Å²) in [4.78, 5) is 19.0. The second kappa shape index (κ2) is 8.62. The standard InChI is InChI=1S/C77H33NO2/c1-2-3-4-5-6-7-8-9-10-11-12-13-14-15-16-80-75(79)78-76-71-63-55-45-35-27-19-17-18-21-25-23(19)31-39-33(25)43-37-29(21)30-22(18)26-24-20(17)28(27)36-42-32(24)40-34(26)44-38(30)48-47(37)57-51(43)61-53(39)59(49(55)41(31)35)67(71)69(61)73-65(57)66-58(48)52(44)62-54(40)60-50(42)56(46(36)45)64(63)72(76)68(60)70(62)74(66)77(73,76)78/h2-16H2,1H3. The molecule has 80 heavy (non-hydrogen) atoms. The molecular weight excluding hydrogens is 971 g/mol. The van der Waals surface area contributed by atoms with Crippen molar-refractivity contribution in [3.8, 4) is 0 Å². The van der Waals surface area contributed by atoms with Crippen LogP contribution in [0.2, 0.25) is 0 Å². The topological polar surface area (TPSA) is 29.3 Å². The summed E-state index contributed by atoms with van der Waals surface area (Å²) < 4.78 is 7.00. The number of benzene rings is 18. The van der Waals surface area contributed by atoms with Crippen molar-refractivity contribution in [2.24, 2.45) is 0 Å². The summed E-state index contributed by atoms with van der Waals surface area (Å²) >= 11 is 0. The van der Waals surface area contributed by atoms with E-state index < -0.39 is 11.1 Å². The second-order valence-corrected chi connectivity index (χ2v) is 29.2. The highest BCUT2D eigenvalue weighted by atomic mass is 16.6. The van der Waals surface area contributed by atoms with Crippen LogP contribution in [0.4, 0.5) is 4.79 Å². The summed E-state index contributed by atoms with van der Waals surface area (Å²) in [5.74, 6) is 0. The molecule has 0 bridgehead atoms. The first kappa shape index (κ1) is 34.0. The molecule has 1 saturated heterocycles. The predicted molar refractivity (Wildman–Crippen MR) is 337 cm³/mol. The van der Waals surface area contributed by atoms with E-state index in [1.54, 1.807) is 248 Å². The molecule has 0 aromatic heterocycles. The minimum atomic E-state index is -0.662. The SMILES string of the molecule is CCCCCCCCCCCCCCCCOC(=O)N1C23c4c5c6c7c8c9c(c%10c%11c2c2c4c4c%12c5c5c6c6c8c8c%13c9c9c%10c%10c%11c%11c2c2c4c4c%12c%12c5c5c6c8c6c8c%13c9c9c%10c%10c%11c2c2c4c4c%12c5c6c5c8c9c%10c2c45)C713. The molecule has 33 rings (SSSR count). The minimum Gasteiger partial charge on any atom is -0.449 e. The molecule has 28 aromatic rings. The Hall–Kier alpha value is -8.27. The van der Waals surface area contributed by atoms with Crippen LogP contribution in [0.25, 0.3) is 291 Å². The molecule has 1 aliphatic heterocycles. The van der Waals surface area contributed by atoms with Gasteiger partial charge in [-0.1, -0.05) is 90.4 Å². The van der Waals surface area contributed by atoms with Gasteiger partial charge in [0.1, 0.15) is 11.1 Å². The molecule has 0 unspecified atom stereocenters. The molecule has 4 aliphatic carbocycles. The van der Waals surface area contributed by atoms with Gasteiger partial charge in [0.15, 0.2) is 0 Å². The van der Waals surface area contributed by atoms with Crippen LogP contribution in [0.15, 0.2) is 0 Å². The van der Waals surface area contributed by atoms with E-state index in [1.165, 1.54) is 142 Å². The number of ether oxygens (including phenoxy) is 1. The van der Waals surface area contributed by atoms with Gasteiger partial charge in [-0.3, -0.25) is 4.90 Å². The summed E-state index contributed by atoms with van der Waals surface area (Å²) in [5, 5.41) is 85.9. The first-order chi connectivity index (χ1) is 39.8. The maximum atomic E-state index is 16.5. The maximum Gasteiger partial charge on any atom is 0.412 e. The van der Waals surface area contributed by atoms with Crippen LogP contribution < -0.4 is 0 Å². The van der Waals surface area contributed by atoms with E-state index in [0.717, 1.165) is 12.8 Å². The highest BCUT2D eigenvalue weighted by Crippen LogP contribution is 2.90. The molecule has 1 heterocycles. The van der Waals surface area contributed by atoms with E-state index in [0.29, 0.717) is 6.61 Å². The van der Waals surface area contributed by atoms with E-state index in [2.05, 4.69) is 11.8 Å². The summed E-state index contributed by atoms with van der Waals surface area (Å²) in [6.07, 6.45) is 18.4. The Balaban J connectivity index is 0.782. The fourth-order valence-corrected chi connectivity index (χ4v) is 26.8. The zero-order valence-corrected chi connectivity index (χ0v) is 43.4. The number of hydrogen-bond donors (Lipinski definition) is 0. The molecular formula is C77H33NO2. The van der Waals surface area contributed by atoms with E-state index in [9.17, 15) is 0 Å². The van der Waals surface area contributed by atoms with Gasteiger partial charge >= 0.3 is 6.09 Å². The van der Waals surface area contributed by atoms with Crippen molar-refractivity contribution < 1.29 is 9.53 Å². The Labute approximate surface area is 445 Å². The number of nitrogens with zero attached hydrogens (tertiary/aromatic N) is 1. The molecule has 0 saturated carbocycles. The Morgan fingerprint density at radius 1 is 0.237 bits per heavy atom. The number of unbranched alkanes of at least 4 members (excludes halogenated alkanes) is 13. The quantitative estimate of drug-likeness (QED) is 0.0582. The molecule has 2 spiro atoms. The van der Waals surface area contributed by atoms with Gasteiger partial charge in [-0.25, -0.2) is 4.79 Å². The van der Waals surface area contributed by atoms with Gasteiger partial charge in [0.2, 0.25) is 0 Å². The lowest BCUT2D eigenvalue weighted by Crippen LogP contribution is -2.27. The lowest BCUT2D eigenvalue weighted by atomic mass is 9.68. The fraction of sp³-hybridized carbons (Fsp3) is 0.234. The number of hydrogen-bond acceptors (Lipinski definition) is 2. The third kappa shape index (κ3) is 2.10. The van der Waals surface area contributed by atoms with E-state index in [1.807, 2.05) is 0 Å². The minimum absolute atomic E-state index is 0.0605. The molecule has 358 valence electrons. The fourth-order valence-electron chi connectivity index (χ4n) is 26.8. The molecule has 28 aromatic carbocycles. The van der Waals surface area contributed by atoms with Gasteiger partial charge in [0.05, 0.1) is 6.61 Å². The van der Waals surface area contributed by atoms with Crippen LogP contribution in [-0.2, 0) is 15.8 Å². The third-order valence-electron chi connectivity index (χ3n) is 27.7. The largest absolute Gasteiger partial charge is 0.449 e. The smallest absolute Gasteiger partial charge is 0.412 e. The van der Waals surface area contributed by atoms with E-state index in [4.69, 9.17) is 4.74 Å². The van der Waals surface area contributed by atoms with Crippen LogP contribution in [0, 0.1) is 0 Å². The van der Waals surface area contributed by atoms with Crippen molar-refractivity contribution >= 4 is 297 Å². The number of carbonyl (C=O) groups is 1. The summed E-state index contributed by atoms with van der Waals surface area (Å²) in [5.41, 5.74) is 4.74. The average Bonchev–Trinajstić information content (AvgIpc) is 1.38. The zero-order chi connectivity index (χ0) is 49.0. The van der Waals surface area contributed by atoms with Crippen LogP contribution in [0.5, 0.6) is 0 Å². The molecule has 0 atom stereocenters. The van der Waals surface area contributed by atoms with E-state index >= 15 is 4.79 Å². The summed E-state index contributed by atoms with van der Waals surface area (Å²) in [6.45, 7) is 2.81. The van der Waals surface area contributed by atoms with Crippen molar-refractivity contribution in [1.29, 1.82) is 0 Å². The first-order valence-corrected chi connectivity index (χ1v) is 31.6. The number of rotatable bonds is 15. The Bertz CT molecular complexity index is 6800. The van der Waals surface area contributed by atoms with Crippen LogP contribution >= 0.6 is 0 Å². The van der Waals surface area contributed by atoms with E-state index in [-0.39, 0.29) is 6.09 Å². The van der Waals surface area contributed by atoms with Crippen molar-refractivity contribution in [3.63, 3.8) is 0 Å². The monoisotopic (exact) mass is 1000 g/mol. The molecule has 5 aliphatic rings. The van der Waals surface area contributed by atoms with Crippen LogP contribution in [0.3, 0.4) is 0 Å². The lowest BCUT2D eigenvalue weighted by Gasteiger charge is -2.29. The van der Waals surface area contributed by atoms with Gasteiger partial charge in [0, 0.05) is 22.3 Å². The molecule has 1 amide bonds. The van der Waals surface area contributed by atoms with Crippen molar-refractivity contribution in [3.05, 3.63) is 22.3 Å². The van der Waals surface area contributed by atoms with Gasteiger partial charge < -0.3 is 4.74 Å². The maximum absolute atomic E-state index is 16.5. The van der Waals surface area contributed by atoms with Gasteiger partial charge in [-0.05, 0) is 297 Å². The first-order valence-electron chi connectivity index (χ1n) is 31.6. The van der Waals surface area contributed by atoms with Crippen molar-refractivity contribution in [2.75, 3.05) is 6.61 Å². The second-order valence-electron chi connectivity index (χ2n) is 29.2. The average molecular weight is 1000 g/mol. The normalized spacial score (nSPS) is 20.9. The lowest BCUT2D eigenvalue weighted by molar-refractivity contribution is 0.120. The molecule has 0 N–H and O–H groups in total. The van der Waals surface area contributed by atoms with Crippen molar-refractivity contribution in [2.45, 2.75) is 108 Å². The Kier molecular flexibility index (Phi) is 3.66.